The lowest BCUT2D eigenvalue weighted by molar-refractivity contribution is 0.0927. The van der Waals surface area contributed by atoms with Gasteiger partial charge < -0.3 is 10.1 Å². The Labute approximate surface area is 196 Å². The Hall–Kier alpha value is -4.77. The van der Waals surface area contributed by atoms with Crippen LogP contribution < -0.4 is 10.1 Å². The molecule has 0 spiro atoms. The van der Waals surface area contributed by atoms with Gasteiger partial charge in [0.2, 0.25) is 5.78 Å². The summed E-state index contributed by atoms with van der Waals surface area (Å²) >= 11 is 0. The molecule has 0 heterocycles. The quantitative estimate of drug-likeness (QED) is 0.428. The molecule has 0 atom stereocenters. The number of ether oxygens (including phenoxy) is 1. The van der Waals surface area contributed by atoms with Crippen LogP contribution in [0, 0.1) is 0 Å². The summed E-state index contributed by atoms with van der Waals surface area (Å²) in [5, 5.41) is 2.70. The molecule has 1 amide bonds. The second-order valence-electron chi connectivity index (χ2n) is 7.71. The molecule has 164 valence electrons. The Morgan fingerprint density at radius 1 is 0.588 bits per heavy atom. The van der Waals surface area contributed by atoms with Gasteiger partial charge in [-0.25, -0.2) is 0 Å². The molecular formula is C29H19NO4. The van der Waals surface area contributed by atoms with Crippen molar-refractivity contribution < 1.29 is 19.1 Å². The largest absolute Gasteiger partial charge is 0.457 e. The lowest BCUT2D eigenvalue weighted by Crippen LogP contribution is -2.33. The van der Waals surface area contributed by atoms with Gasteiger partial charge in [-0.1, -0.05) is 72.8 Å². The number of benzene rings is 4. The predicted molar refractivity (Wildman–Crippen MR) is 129 cm³/mol. The van der Waals surface area contributed by atoms with Crippen molar-refractivity contribution in [3.05, 3.63) is 137 Å². The molecule has 4 aromatic rings. The number of rotatable bonds is 5. The smallest absolute Gasteiger partial charge is 0.255 e. The molecule has 1 aliphatic carbocycles. The molecule has 5 rings (SSSR count). The first-order valence-electron chi connectivity index (χ1n) is 10.7. The first kappa shape index (κ1) is 21.1. The van der Waals surface area contributed by atoms with E-state index in [9.17, 15) is 14.4 Å². The van der Waals surface area contributed by atoms with Crippen LogP contribution in [-0.2, 0) is 0 Å². The lowest BCUT2D eigenvalue weighted by atomic mass is 9.84. The van der Waals surface area contributed by atoms with Gasteiger partial charge in [-0.15, -0.1) is 0 Å². The Bertz CT molecular complexity index is 1420. The third kappa shape index (κ3) is 4.02. The van der Waals surface area contributed by atoms with E-state index in [-0.39, 0.29) is 22.6 Å². The second kappa shape index (κ2) is 9.00. The Morgan fingerprint density at radius 3 is 1.76 bits per heavy atom. The molecule has 0 unspecified atom stereocenters. The van der Waals surface area contributed by atoms with Gasteiger partial charge in [0.05, 0.1) is 5.57 Å². The molecular weight excluding hydrogens is 426 g/mol. The van der Waals surface area contributed by atoms with Gasteiger partial charge in [0.1, 0.15) is 17.2 Å². The van der Waals surface area contributed by atoms with E-state index in [0.717, 1.165) is 0 Å². The summed E-state index contributed by atoms with van der Waals surface area (Å²) in [6, 6.07) is 31.4. The lowest BCUT2D eigenvalue weighted by Gasteiger charge is -2.22. The number of ketones is 2. The molecule has 0 fully saturated rings. The fourth-order valence-electron chi connectivity index (χ4n) is 3.86. The summed E-state index contributed by atoms with van der Waals surface area (Å²) < 4.78 is 5.84. The number of allylic oxidation sites excluding steroid dienone is 2. The minimum absolute atomic E-state index is 0.0331. The van der Waals surface area contributed by atoms with Gasteiger partial charge >= 0.3 is 0 Å². The van der Waals surface area contributed by atoms with E-state index in [1.54, 1.807) is 78.9 Å². The highest BCUT2D eigenvalue weighted by Crippen LogP contribution is 2.33. The molecule has 1 aliphatic rings. The Kier molecular flexibility index (Phi) is 5.58. The van der Waals surface area contributed by atoms with Gasteiger partial charge in [-0.05, 0) is 42.0 Å². The maximum Gasteiger partial charge on any atom is 0.255 e. The first-order chi connectivity index (χ1) is 16.6. The molecule has 4 aromatic carbocycles. The first-order valence-corrected chi connectivity index (χ1v) is 10.7. The summed E-state index contributed by atoms with van der Waals surface area (Å²) in [4.78, 5) is 39.7. The fraction of sp³-hybridized carbons (Fsp3) is 0. The van der Waals surface area contributed by atoms with Crippen LogP contribution in [0.4, 0.5) is 0 Å². The van der Waals surface area contributed by atoms with Crippen LogP contribution in [0.2, 0.25) is 0 Å². The monoisotopic (exact) mass is 445 g/mol. The fourth-order valence-corrected chi connectivity index (χ4v) is 3.86. The number of carbonyl (C=O) groups excluding carboxylic acids is 3. The second-order valence-corrected chi connectivity index (χ2v) is 7.71. The SMILES string of the molecule is O=C(NC1=C(c2ccc(Oc3ccccc3)cc2)C(=O)c2ccccc2C1=O)c1ccccc1. The third-order valence-corrected chi connectivity index (χ3v) is 5.52. The molecule has 0 radical (unpaired) electrons. The number of para-hydroxylation sites is 1. The third-order valence-electron chi connectivity index (χ3n) is 5.52. The van der Waals surface area contributed by atoms with Gasteiger partial charge in [0, 0.05) is 16.7 Å². The minimum atomic E-state index is -0.460. The van der Waals surface area contributed by atoms with Crippen molar-refractivity contribution in [1.82, 2.24) is 5.32 Å². The summed E-state index contributed by atoms with van der Waals surface area (Å²) in [6.45, 7) is 0. The standard InChI is InChI=1S/C29H19NO4/c31-27-23-13-7-8-14-24(23)28(32)26(30-29(33)20-9-3-1-4-10-20)25(27)19-15-17-22(18-16-19)34-21-11-5-2-6-12-21/h1-18H,(H,30,33). The average molecular weight is 445 g/mol. The van der Waals surface area contributed by atoms with Crippen molar-refractivity contribution in [2.75, 3.05) is 0 Å². The number of nitrogens with one attached hydrogen (secondary N) is 1. The molecule has 0 saturated heterocycles. The van der Waals surface area contributed by atoms with Gasteiger partial charge in [0.15, 0.2) is 5.78 Å². The van der Waals surface area contributed by atoms with Crippen LogP contribution in [0.1, 0.15) is 36.6 Å². The van der Waals surface area contributed by atoms with Crippen molar-refractivity contribution in [2.24, 2.45) is 0 Å². The normalized spacial score (nSPS) is 12.8. The van der Waals surface area contributed by atoms with Crippen molar-refractivity contribution in [3.63, 3.8) is 0 Å². The molecule has 0 aliphatic heterocycles. The summed E-state index contributed by atoms with van der Waals surface area (Å²) in [6.07, 6.45) is 0. The van der Waals surface area contributed by atoms with Crippen LogP contribution in [0.15, 0.2) is 115 Å². The van der Waals surface area contributed by atoms with E-state index in [0.29, 0.717) is 28.2 Å². The van der Waals surface area contributed by atoms with E-state index in [1.807, 2.05) is 30.3 Å². The molecule has 1 N–H and O–H groups in total. The molecule has 34 heavy (non-hydrogen) atoms. The Balaban J connectivity index is 1.55. The van der Waals surface area contributed by atoms with Crippen molar-refractivity contribution >= 4 is 23.0 Å². The number of fused-ring (bicyclic) bond motifs is 1. The van der Waals surface area contributed by atoms with Crippen LogP contribution in [-0.4, -0.2) is 17.5 Å². The van der Waals surface area contributed by atoms with E-state index < -0.39 is 11.7 Å². The van der Waals surface area contributed by atoms with E-state index >= 15 is 0 Å². The molecule has 5 nitrogen and oxygen atoms in total. The zero-order valence-corrected chi connectivity index (χ0v) is 18.0. The molecule has 0 bridgehead atoms. The molecule has 5 heteroatoms. The topological polar surface area (TPSA) is 72.5 Å². The highest BCUT2D eigenvalue weighted by Gasteiger charge is 2.34. The number of Topliss-reactive ketones (excluding diaryl/α,β-unsaturated/α-hetero) is 2. The van der Waals surface area contributed by atoms with Gasteiger partial charge in [-0.2, -0.15) is 0 Å². The van der Waals surface area contributed by atoms with Crippen LogP contribution in [0.5, 0.6) is 11.5 Å². The average Bonchev–Trinajstić information content (AvgIpc) is 2.89. The maximum absolute atomic E-state index is 13.5. The highest BCUT2D eigenvalue weighted by molar-refractivity contribution is 6.41. The summed E-state index contributed by atoms with van der Waals surface area (Å²) in [5.41, 5.74) is 1.60. The Morgan fingerprint density at radius 2 is 1.12 bits per heavy atom. The van der Waals surface area contributed by atoms with Crippen LogP contribution in [0.25, 0.3) is 5.57 Å². The van der Waals surface area contributed by atoms with E-state index in [2.05, 4.69) is 5.32 Å². The van der Waals surface area contributed by atoms with E-state index in [1.165, 1.54) is 0 Å². The van der Waals surface area contributed by atoms with E-state index in [4.69, 9.17) is 4.74 Å². The number of hydrogen-bond donors (Lipinski definition) is 1. The number of hydrogen-bond acceptors (Lipinski definition) is 4. The maximum atomic E-state index is 13.5. The van der Waals surface area contributed by atoms with Crippen LogP contribution in [0.3, 0.4) is 0 Å². The van der Waals surface area contributed by atoms with Gasteiger partial charge in [-0.3, -0.25) is 14.4 Å². The predicted octanol–water partition coefficient (Wildman–Crippen LogP) is 5.70. The van der Waals surface area contributed by atoms with Crippen molar-refractivity contribution in [3.8, 4) is 11.5 Å². The zero-order valence-electron chi connectivity index (χ0n) is 18.0. The summed E-state index contributed by atoms with van der Waals surface area (Å²) in [7, 11) is 0. The van der Waals surface area contributed by atoms with Crippen LogP contribution >= 0.6 is 0 Å². The number of carbonyl (C=O) groups is 3. The molecule has 0 aromatic heterocycles. The van der Waals surface area contributed by atoms with Gasteiger partial charge in [0.25, 0.3) is 5.91 Å². The zero-order chi connectivity index (χ0) is 23.5. The molecule has 0 saturated carbocycles. The minimum Gasteiger partial charge on any atom is -0.457 e. The number of amides is 1. The highest BCUT2D eigenvalue weighted by atomic mass is 16.5. The summed E-state index contributed by atoms with van der Waals surface area (Å²) in [5.74, 6) is 0.0792. The van der Waals surface area contributed by atoms with Crippen molar-refractivity contribution in [2.45, 2.75) is 0 Å². The van der Waals surface area contributed by atoms with Crippen molar-refractivity contribution in [1.29, 1.82) is 0 Å².